The molecule has 3 aliphatic rings. The van der Waals surface area contributed by atoms with Crippen LogP contribution in [0.3, 0.4) is 0 Å². The van der Waals surface area contributed by atoms with Crippen molar-refractivity contribution in [2.24, 2.45) is 17.8 Å². The Hall–Kier alpha value is -1.22. The lowest BCUT2D eigenvalue weighted by Gasteiger charge is -2.18. The third-order valence-corrected chi connectivity index (χ3v) is 5.27. The molecule has 1 aromatic carbocycles. The number of aryl methyl sites for hydroxylation is 1. The Balaban J connectivity index is 0.00000132. The monoisotopic (exact) mass is 306 g/mol. The molecule has 0 bridgehead atoms. The number of carbonyl (C=O) groups excluding carboxylic acids is 1. The fourth-order valence-electron chi connectivity index (χ4n) is 4.16. The van der Waals surface area contributed by atoms with Gasteiger partial charge in [0.05, 0.1) is 0 Å². The Kier molecular flexibility index (Phi) is 4.12. The molecule has 0 saturated heterocycles. The zero-order valence-electron chi connectivity index (χ0n) is 12.2. The molecule has 1 aliphatic heterocycles. The van der Waals surface area contributed by atoms with Crippen LogP contribution < -0.4 is 10.6 Å². The second kappa shape index (κ2) is 5.88. The summed E-state index contributed by atoms with van der Waals surface area (Å²) < 4.78 is 0. The summed E-state index contributed by atoms with van der Waals surface area (Å²) >= 11 is 0. The highest BCUT2D eigenvalue weighted by atomic mass is 35.5. The van der Waals surface area contributed by atoms with E-state index in [1.54, 1.807) is 0 Å². The number of carbonyl (C=O) groups is 1. The molecular weight excluding hydrogens is 284 g/mol. The van der Waals surface area contributed by atoms with Gasteiger partial charge in [0, 0.05) is 23.8 Å². The third-order valence-electron chi connectivity index (χ3n) is 5.27. The summed E-state index contributed by atoms with van der Waals surface area (Å²) in [6.07, 6.45) is 7.44. The standard InChI is InChI=1S/C17H22N2O.ClH/c20-17(16-13-5-1-2-6-14(13)16)19-12-7-8-15-11(10-12)4-3-9-18-15;/h7-8,10,13-14,16,18H,1-6,9H2,(H,19,20);1H. The van der Waals surface area contributed by atoms with Crippen LogP contribution in [0.4, 0.5) is 11.4 Å². The largest absolute Gasteiger partial charge is 0.385 e. The first-order valence-electron chi connectivity index (χ1n) is 8.00. The molecule has 2 N–H and O–H groups in total. The van der Waals surface area contributed by atoms with Gasteiger partial charge in [-0.25, -0.2) is 0 Å². The maximum atomic E-state index is 12.4. The highest BCUT2D eigenvalue weighted by molar-refractivity contribution is 5.95. The van der Waals surface area contributed by atoms with Crippen molar-refractivity contribution >= 4 is 29.7 Å². The number of halogens is 1. The Morgan fingerprint density at radius 1 is 1.14 bits per heavy atom. The SMILES string of the molecule is Cl.O=C(Nc1ccc2c(c1)CCCN2)C1C2CCCCC21. The molecule has 0 aromatic heterocycles. The molecule has 0 radical (unpaired) electrons. The lowest BCUT2D eigenvalue weighted by molar-refractivity contribution is -0.117. The van der Waals surface area contributed by atoms with Gasteiger partial charge in [0.2, 0.25) is 5.91 Å². The summed E-state index contributed by atoms with van der Waals surface area (Å²) in [4.78, 5) is 12.4. The highest BCUT2D eigenvalue weighted by Gasteiger charge is 2.54. The molecule has 2 unspecified atom stereocenters. The Morgan fingerprint density at radius 3 is 2.67 bits per heavy atom. The molecule has 3 nitrogen and oxygen atoms in total. The van der Waals surface area contributed by atoms with Gasteiger partial charge in [-0.1, -0.05) is 12.8 Å². The van der Waals surface area contributed by atoms with Crippen LogP contribution in [0.1, 0.15) is 37.7 Å². The predicted molar refractivity (Wildman–Crippen MR) is 88.1 cm³/mol. The minimum Gasteiger partial charge on any atom is -0.385 e. The number of amides is 1. The Labute approximate surface area is 132 Å². The van der Waals surface area contributed by atoms with Crippen molar-refractivity contribution in [1.29, 1.82) is 0 Å². The van der Waals surface area contributed by atoms with Gasteiger partial charge >= 0.3 is 0 Å². The van der Waals surface area contributed by atoms with E-state index >= 15 is 0 Å². The van der Waals surface area contributed by atoms with Gasteiger partial charge in [-0.05, 0) is 61.3 Å². The Bertz CT molecular complexity index is 534. The van der Waals surface area contributed by atoms with Crippen molar-refractivity contribution in [1.82, 2.24) is 0 Å². The summed E-state index contributed by atoms with van der Waals surface area (Å²) in [5.74, 6) is 1.92. The fraction of sp³-hybridized carbons (Fsp3) is 0.588. The molecule has 21 heavy (non-hydrogen) atoms. The molecule has 4 rings (SSSR count). The summed E-state index contributed by atoms with van der Waals surface area (Å²) in [5.41, 5.74) is 3.54. The predicted octanol–water partition coefficient (Wildman–Crippen LogP) is 3.84. The second-order valence-electron chi connectivity index (χ2n) is 6.53. The van der Waals surface area contributed by atoms with E-state index in [4.69, 9.17) is 0 Å². The molecule has 2 saturated carbocycles. The van der Waals surface area contributed by atoms with Crippen molar-refractivity contribution < 1.29 is 4.79 Å². The van der Waals surface area contributed by atoms with Crippen LogP contribution in [0.15, 0.2) is 18.2 Å². The van der Waals surface area contributed by atoms with Gasteiger partial charge in [-0.15, -0.1) is 12.4 Å². The van der Waals surface area contributed by atoms with Gasteiger partial charge in [0.15, 0.2) is 0 Å². The minimum absolute atomic E-state index is 0. The van der Waals surface area contributed by atoms with Crippen molar-refractivity contribution in [2.75, 3.05) is 17.2 Å². The number of benzene rings is 1. The molecule has 1 amide bonds. The first kappa shape index (κ1) is 14.7. The van der Waals surface area contributed by atoms with E-state index in [1.165, 1.54) is 43.4 Å². The molecule has 114 valence electrons. The van der Waals surface area contributed by atoms with E-state index in [2.05, 4.69) is 22.8 Å². The number of fused-ring (bicyclic) bond motifs is 2. The Morgan fingerprint density at radius 2 is 1.90 bits per heavy atom. The quantitative estimate of drug-likeness (QED) is 0.871. The number of hydrogen-bond acceptors (Lipinski definition) is 2. The maximum absolute atomic E-state index is 12.4. The number of anilines is 2. The number of rotatable bonds is 2. The van der Waals surface area contributed by atoms with Gasteiger partial charge in [0.25, 0.3) is 0 Å². The lowest BCUT2D eigenvalue weighted by Crippen LogP contribution is -2.17. The van der Waals surface area contributed by atoms with E-state index in [0.29, 0.717) is 17.8 Å². The average Bonchev–Trinajstić information content (AvgIpc) is 3.21. The summed E-state index contributed by atoms with van der Waals surface area (Å²) in [5, 5.41) is 6.55. The van der Waals surface area contributed by atoms with E-state index < -0.39 is 0 Å². The zero-order valence-corrected chi connectivity index (χ0v) is 13.0. The molecule has 2 aliphatic carbocycles. The maximum Gasteiger partial charge on any atom is 0.228 e. The van der Waals surface area contributed by atoms with Gasteiger partial charge in [0.1, 0.15) is 0 Å². The minimum atomic E-state index is 0. The van der Waals surface area contributed by atoms with Crippen LogP contribution in [0, 0.1) is 17.8 Å². The van der Waals surface area contributed by atoms with Crippen molar-refractivity contribution in [2.45, 2.75) is 38.5 Å². The smallest absolute Gasteiger partial charge is 0.228 e. The molecule has 1 aromatic rings. The van der Waals surface area contributed by atoms with E-state index in [-0.39, 0.29) is 18.3 Å². The number of hydrogen-bond donors (Lipinski definition) is 2. The van der Waals surface area contributed by atoms with Crippen LogP contribution in [-0.4, -0.2) is 12.5 Å². The second-order valence-corrected chi connectivity index (χ2v) is 6.53. The fourth-order valence-corrected chi connectivity index (χ4v) is 4.16. The van der Waals surface area contributed by atoms with Crippen molar-refractivity contribution in [3.05, 3.63) is 23.8 Å². The van der Waals surface area contributed by atoms with Crippen molar-refractivity contribution in [3.8, 4) is 0 Å². The normalized spacial score (nSPS) is 29.2. The highest BCUT2D eigenvalue weighted by Crippen LogP contribution is 2.55. The van der Waals surface area contributed by atoms with Crippen LogP contribution in [0.25, 0.3) is 0 Å². The molecule has 1 heterocycles. The van der Waals surface area contributed by atoms with Crippen LogP contribution in [0.2, 0.25) is 0 Å². The van der Waals surface area contributed by atoms with Crippen LogP contribution in [0.5, 0.6) is 0 Å². The van der Waals surface area contributed by atoms with Gasteiger partial charge < -0.3 is 10.6 Å². The van der Waals surface area contributed by atoms with E-state index in [9.17, 15) is 4.79 Å². The zero-order chi connectivity index (χ0) is 13.5. The topological polar surface area (TPSA) is 41.1 Å². The van der Waals surface area contributed by atoms with Crippen LogP contribution >= 0.6 is 12.4 Å². The van der Waals surface area contributed by atoms with E-state index in [1.807, 2.05) is 6.07 Å². The number of nitrogens with one attached hydrogen (secondary N) is 2. The molecule has 2 atom stereocenters. The van der Waals surface area contributed by atoms with E-state index in [0.717, 1.165) is 18.7 Å². The summed E-state index contributed by atoms with van der Waals surface area (Å²) in [6.45, 7) is 1.06. The molecular formula is C17H23ClN2O. The van der Waals surface area contributed by atoms with Gasteiger partial charge in [-0.2, -0.15) is 0 Å². The summed E-state index contributed by atoms with van der Waals surface area (Å²) in [6, 6.07) is 6.27. The van der Waals surface area contributed by atoms with Crippen LogP contribution in [-0.2, 0) is 11.2 Å². The molecule has 4 heteroatoms. The van der Waals surface area contributed by atoms with Crippen molar-refractivity contribution in [3.63, 3.8) is 0 Å². The third kappa shape index (κ3) is 2.76. The molecule has 0 spiro atoms. The van der Waals surface area contributed by atoms with Gasteiger partial charge in [-0.3, -0.25) is 4.79 Å². The summed E-state index contributed by atoms with van der Waals surface area (Å²) in [7, 11) is 0. The first-order chi connectivity index (χ1) is 9.83. The lowest BCUT2D eigenvalue weighted by atomic mass is 10.0. The average molecular weight is 307 g/mol. The molecule has 2 fully saturated rings. The first-order valence-corrected chi connectivity index (χ1v) is 8.00.